The van der Waals surface area contributed by atoms with Gasteiger partial charge in [-0.25, -0.2) is 8.78 Å². The van der Waals surface area contributed by atoms with Crippen molar-refractivity contribution < 1.29 is 23.1 Å². The van der Waals surface area contributed by atoms with Crippen LogP contribution in [0.15, 0.2) is 24.3 Å². The van der Waals surface area contributed by atoms with Crippen LogP contribution >= 0.6 is 0 Å². The molecule has 1 N–H and O–H groups in total. The standard InChI is InChI=1S/C22H25F2N3O3/c1-12-8-17-20(26-19(12)25-18(28)10-22(3,4)5)30-13(2)21(29)27(17)11-14-6-7-15(23)9-16(14)24/h6-9,13H,10-11H2,1-5H3,(H,25,26,28). The highest BCUT2D eigenvalue weighted by Crippen LogP contribution is 2.37. The summed E-state index contributed by atoms with van der Waals surface area (Å²) in [6.07, 6.45) is -0.522. The Balaban J connectivity index is 1.93. The fourth-order valence-corrected chi connectivity index (χ4v) is 3.19. The van der Waals surface area contributed by atoms with Crippen molar-refractivity contribution in [1.29, 1.82) is 0 Å². The molecule has 1 aromatic carbocycles. The predicted octanol–water partition coefficient (Wildman–Crippen LogP) is 4.36. The van der Waals surface area contributed by atoms with E-state index in [1.807, 2.05) is 20.8 Å². The van der Waals surface area contributed by atoms with E-state index in [2.05, 4.69) is 10.3 Å². The van der Waals surface area contributed by atoms with Crippen LogP contribution in [-0.2, 0) is 16.1 Å². The number of pyridine rings is 1. The first-order valence-electron chi connectivity index (χ1n) is 9.68. The van der Waals surface area contributed by atoms with Crippen molar-refractivity contribution >= 4 is 23.3 Å². The van der Waals surface area contributed by atoms with Crippen LogP contribution in [0.5, 0.6) is 5.88 Å². The van der Waals surface area contributed by atoms with E-state index in [-0.39, 0.29) is 35.2 Å². The van der Waals surface area contributed by atoms with Crippen LogP contribution in [0.4, 0.5) is 20.3 Å². The van der Waals surface area contributed by atoms with Gasteiger partial charge in [0.15, 0.2) is 6.10 Å². The molecule has 6 nitrogen and oxygen atoms in total. The minimum Gasteiger partial charge on any atom is -0.463 e. The molecular formula is C22H25F2N3O3. The van der Waals surface area contributed by atoms with Gasteiger partial charge in [-0.05, 0) is 37.0 Å². The summed E-state index contributed by atoms with van der Waals surface area (Å²) >= 11 is 0. The maximum atomic E-state index is 14.2. The lowest BCUT2D eigenvalue weighted by atomic mass is 9.92. The molecule has 0 saturated carbocycles. The summed E-state index contributed by atoms with van der Waals surface area (Å²) in [6.45, 7) is 9.11. The van der Waals surface area contributed by atoms with Gasteiger partial charge in [0.2, 0.25) is 11.8 Å². The Bertz CT molecular complexity index is 1000. The van der Waals surface area contributed by atoms with Gasteiger partial charge in [0.05, 0.1) is 6.54 Å². The van der Waals surface area contributed by atoms with Crippen molar-refractivity contribution in [2.75, 3.05) is 10.2 Å². The molecule has 0 spiro atoms. The monoisotopic (exact) mass is 417 g/mol. The molecular weight excluding hydrogens is 392 g/mol. The first-order chi connectivity index (χ1) is 13.9. The molecule has 30 heavy (non-hydrogen) atoms. The number of halogens is 2. The zero-order chi connectivity index (χ0) is 22.2. The summed E-state index contributed by atoms with van der Waals surface area (Å²) in [4.78, 5) is 30.8. The van der Waals surface area contributed by atoms with E-state index < -0.39 is 17.7 Å². The lowest BCUT2D eigenvalue weighted by Crippen LogP contribution is -2.44. The van der Waals surface area contributed by atoms with Crippen LogP contribution in [-0.4, -0.2) is 22.9 Å². The maximum absolute atomic E-state index is 14.2. The third-order valence-electron chi connectivity index (χ3n) is 4.64. The highest BCUT2D eigenvalue weighted by Gasteiger charge is 2.34. The number of nitrogens with zero attached hydrogens (tertiary/aromatic N) is 2. The lowest BCUT2D eigenvalue weighted by molar-refractivity contribution is -0.126. The van der Waals surface area contributed by atoms with E-state index in [0.717, 1.165) is 12.1 Å². The number of nitrogens with one attached hydrogen (secondary N) is 1. The first kappa shape index (κ1) is 21.7. The highest BCUT2D eigenvalue weighted by molar-refractivity contribution is 6.00. The van der Waals surface area contributed by atoms with Crippen LogP contribution in [0.25, 0.3) is 0 Å². The van der Waals surface area contributed by atoms with Crippen LogP contribution in [0.3, 0.4) is 0 Å². The fraction of sp³-hybridized carbons (Fsp3) is 0.409. The first-order valence-corrected chi connectivity index (χ1v) is 9.68. The number of aromatic nitrogens is 1. The average molecular weight is 417 g/mol. The molecule has 0 bridgehead atoms. The molecule has 1 aliphatic heterocycles. The summed E-state index contributed by atoms with van der Waals surface area (Å²) in [7, 11) is 0. The molecule has 1 unspecified atom stereocenters. The Morgan fingerprint density at radius 1 is 1.27 bits per heavy atom. The van der Waals surface area contributed by atoms with E-state index >= 15 is 0 Å². The van der Waals surface area contributed by atoms with Crippen LogP contribution in [0.2, 0.25) is 0 Å². The van der Waals surface area contributed by atoms with Gasteiger partial charge in [-0.3, -0.25) is 14.5 Å². The number of rotatable bonds is 4. The van der Waals surface area contributed by atoms with Gasteiger partial charge in [-0.15, -0.1) is 0 Å². The van der Waals surface area contributed by atoms with E-state index in [1.54, 1.807) is 19.9 Å². The Kier molecular flexibility index (Phi) is 5.78. The summed E-state index contributed by atoms with van der Waals surface area (Å²) in [5, 5.41) is 2.79. The number of amides is 2. The van der Waals surface area contributed by atoms with Gasteiger partial charge >= 0.3 is 0 Å². The maximum Gasteiger partial charge on any atom is 0.268 e. The van der Waals surface area contributed by atoms with Crippen LogP contribution in [0.1, 0.15) is 45.2 Å². The fourth-order valence-electron chi connectivity index (χ4n) is 3.19. The molecule has 0 fully saturated rings. The van der Waals surface area contributed by atoms with Crippen molar-refractivity contribution in [3.8, 4) is 5.88 Å². The van der Waals surface area contributed by atoms with Gasteiger partial charge in [0, 0.05) is 18.1 Å². The smallest absolute Gasteiger partial charge is 0.268 e. The minimum absolute atomic E-state index is 0.0947. The minimum atomic E-state index is -0.839. The summed E-state index contributed by atoms with van der Waals surface area (Å²) in [5.74, 6) is -1.45. The topological polar surface area (TPSA) is 71.5 Å². The Hall–Kier alpha value is -3.03. The lowest BCUT2D eigenvalue weighted by Gasteiger charge is -2.33. The molecule has 3 rings (SSSR count). The van der Waals surface area contributed by atoms with Crippen molar-refractivity contribution in [2.45, 2.75) is 53.7 Å². The number of carbonyl (C=O) groups excluding carboxylic acids is 2. The van der Waals surface area contributed by atoms with Crippen molar-refractivity contribution in [3.05, 3.63) is 47.0 Å². The number of hydrogen-bond acceptors (Lipinski definition) is 4. The van der Waals surface area contributed by atoms with Gasteiger partial charge in [0.1, 0.15) is 23.1 Å². The normalized spacial score (nSPS) is 16.2. The summed E-state index contributed by atoms with van der Waals surface area (Å²) < 4.78 is 33.0. The number of anilines is 2. The molecule has 8 heteroatoms. The van der Waals surface area contributed by atoms with Gasteiger partial charge < -0.3 is 10.1 Å². The second-order valence-electron chi connectivity index (χ2n) is 8.68. The second-order valence-corrected chi connectivity index (χ2v) is 8.68. The molecule has 0 aliphatic carbocycles. The van der Waals surface area contributed by atoms with Crippen LogP contribution < -0.4 is 15.0 Å². The zero-order valence-corrected chi connectivity index (χ0v) is 17.7. The molecule has 0 radical (unpaired) electrons. The Morgan fingerprint density at radius 3 is 2.60 bits per heavy atom. The van der Waals surface area contributed by atoms with Crippen molar-refractivity contribution in [2.24, 2.45) is 5.41 Å². The molecule has 0 saturated heterocycles. The van der Waals surface area contributed by atoms with Crippen molar-refractivity contribution in [3.63, 3.8) is 0 Å². The SMILES string of the molecule is Cc1cc2c(nc1NC(=O)CC(C)(C)C)OC(C)C(=O)N2Cc1ccc(F)cc1F. The van der Waals surface area contributed by atoms with Crippen molar-refractivity contribution in [1.82, 2.24) is 4.98 Å². The van der Waals surface area contributed by atoms with Gasteiger partial charge in [-0.1, -0.05) is 26.8 Å². The molecule has 1 atom stereocenters. The third-order valence-corrected chi connectivity index (χ3v) is 4.64. The predicted molar refractivity (Wildman–Crippen MR) is 109 cm³/mol. The largest absolute Gasteiger partial charge is 0.463 e. The van der Waals surface area contributed by atoms with E-state index in [4.69, 9.17) is 4.74 Å². The number of aryl methyl sites for hydroxylation is 1. The van der Waals surface area contributed by atoms with E-state index in [9.17, 15) is 18.4 Å². The molecule has 2 amide bonds. The quantitative estimate of drug-likeness (QED) is 0.803. The van der Waals surface area contributed by atoms with Gasteiger partial charge in [-0.2, -0.15) is 4.98 Å². The zero-order valence-electron chi connectivity index (χ0n) is 17.7. The molecule has 2 heterocycles. The highest BCUT2D eigenvalue weighted by atomic mass is 19.1. The van der Waals surface area contributed by atoms with E-state index in [1.165, 1.54) is 11.0 Å². The third kappa shape index (κ3) is 4.75. The Morgan fingerprint density at radius 2 is 1.97 bits per heavy atom. The number of fused-ring (bicyclic) bond motifs is 1. The number of benzene rings is 1. The molecule has 160 valence electrons. The molecule has 1 aromatic heterocycles. The summed E-state index contributed by atoms with van der Waals surface area (Å²) in [5.41, 5.74) is 0.990. The summed E-state index contributed by atoms with van der Waals surface area (Å²) in [6, 6.07) is 4.90. The number of ether oxygens (including phenoxy) is 1. The molecule has 1 aliphatic rings. The molecule has 2 aromatic rings. The Labute approximate surface area is 174 Å². The van der Waals surface area contributed by atoms with Crippen LogP contribution in [0, 0.1) is 24.0 Å². The van der Waals surface area contributed by atoms with E-state index in [0.29, 0.717) is 23.5 Å². The number of carbonyl (C=O) groups is 2. The average Bonchev–Trinajstić information content (AvgIpc) is 2.60. The van der Waals surface area contributed by atoms with Gasteiger partial charge in [0.25, 0.3) is 5.91 Å². The second kappa shape index (κ2) is 8.01. The number of hydrogen-bond donors (Lipinski definition) is 1.